The van der Waals surface area contributed by atoms with Crippen LogP contribution in [0, 0.1) is 5.82 Å². The van der Waals surface area contributed by atoms with Crippen LogP contribution in [0.3, 0.4) is 0 Å². The maximum Gasteiger partial charge on any atom is 0.419 e. The summed E-state index contributed by atoms with van der Waals surface area (Å²) in [5.74, 6) is -3.21. The van der Waals surface area contributed by atoms with E-state index >= 15 is 0 Å². The Labute approximate surface area is 265 Å². The van der Waals surface area contributed by atoms with E-state index in [9.17, 15) is 62.3 Å². The lowest BCUT2D eigenvalue weighted by Crippen LogP contribution is -2.60. The van der Waals surface area contributed by atoms with Crippen LogP contribution in [0.4, 0.5) is 46.9 Å². The zero-order valence-electron chi connectivity index (χ0n) is 25.3. The summed E-state index contributed by atoms with van der Waals surface area (Å²) in [6, 6.07) is 3.16. The minimum absolute atomic E-state index is 0.00367. The number of benzene rings is 2. The van der Waals surface area contributed by atoms with Crippen LogP contribution < -0.4 is 23.8 Å². The molecule has 20 heteroatoms. The van der Waals surface area contributed by atoms with Crippen LogP contribution in [0.15, 0.2) is 41.3 Å². The second kappa shape index (κ2) is 12.3. The molecular weight excluding hydrogens is 691 g/mol. The zero-order chi connectivity index (χ0) is 36.1. The highest BCUT2D eigenvalue weighted by Gasteiger charge is 2.52. The number of fused-ring (bicyclic) bond motifs is 1. The molecule has 262 valence electrons. The molecule has 0 unspecified atom stereocenters. The van der Waals surface area contributed by atoms with Gasteiger partial charge in [0.1, 0.15) is 29.3 Å². The highest BCUT2D eigenvalue weighted by Crippen LogP contribution is 2.44. The van der Waals surface area contributed by atoms with Gasteiger partial charge in [-0.25, -0.2) is 21.2 Å². The van der Waals surface area contributed by atoms with Crippen molar-refractivity contribution < 1.29 is 67.0 Å². The van der Waals surface area contributed by atoms with Crippen LogP contribution in [-0.2, 0) is 31.0 Å². The fourth-order valence-corrected chi connectivity index (χ4v) is 6.49. The molecule has 0 saturated heterocycles. The molecule has 1 atom stereocenters. The molecule has 2 aromatic rings. The first-order valence-electron chi connectivity index (χ1n) is 13.4. The molecule has 11 nitrogen and oxygen atoms in total. The molecule has 2 aromatic carbocycles. The number of hydrogen-bond acceptors (Lipinski definition) is 8. The minimum Gasteiger partial charge on any atom is -0.530 e. The number of amides is 2. The Morgan fingerprint density at radius 3 is 2.09 bits per heavy atom. The van der Waals surface area contributed by atoms with Gasteiger partial charge in [0.05, 0.1) is 27.4 Å². The monoisotopic (exact) mass is 720 g/mol. The molecule has 1 aliphatic heterocycles. The van der Waals surface area contributed by atoms with E-state index in [0.29, 0.717) is 30.3 Å². The van der Waals surface area contributed by atoms with Gasteiger partial charge >= 0.3 is 12.4 Å². The van der Waals surface area contributed by atoms with E-state index < -0.39 is 107 Å². The number of alkyl halides is 6. The van der Waals surface area contributed by atoms with Crippen LogP contribution in [-0.4, -0.2) is 57.9 Å². The van der Waals surface area contributed by atoms with Crippen LogP contribution in [0.5, 0.6) is 5.75 Å². The second-order valence-electron chi connectivity index (χ2n) is 11.9. The zero-order valence-corrected chi connectivity index (χ0v) is 26.9. The van der Waals surface area contributed by atoms with Gasteiger partial charge in [-0.3, -0.25) is 13.8 Å². The molecule has 0 bridgehead atoms. The van der Waals surface area contributed by atoms with Gasteiger partial charge in [-0.15, -0.1) is 0 Å². The summed E-state index contributed by atoms with van der Waals surface area (Å²) in [6.07, 6.45) is -15.1. The lowest BCUT2D eigenvalue weighted by Gasteiger charge is -2.42. The normalized spacial score (nSPS) is 16.3. The maximum atomic E-state index is 14.0. The summed E-state index contributed by atoms with van der Waals surface area (Å²) < 4.78 is 155. The van der Waals surface area contributed by atoms with Gasteiger partial charge in [0.2, 0.25) is 15.9 Å². The van der Waals surface area contributed by atoms with Crippen molar-refractivity contribution >= 4 is 43.4 Å². The molecule has 0 spiro atoms. The number of hydrogen-bond donors (Lipinski definition) is 1. The number of halogens is 7. The van der Waals surface area contributed by atoms with Gasteiger partial charge in [0.25, 0.3) is 10.0 Å². The summed E-state index contributed by atoms with van der Waals surface area (Å²) in [5.41, 5.74) is -6.43. The molecule has 1 heterocycles. The Balaban J connectivity index is 2.13. The van der Waals surface area contributed by atoms with E-state index in [1.165, 1.54) is 20.8 Å². The predicted molar refractivity (Wildman–Crippen MR) is 151 cm³/mol. The Kier molecular flexibility index (Phi) is 9.88. The molecule has 0 radical (unpaired) electrons. The van der Waals surface area contributed by atoms with Gasteiger partial charge < -0.3 is 19.5 Å². The summed E-state index contributed by atoms with van der Waals surface area (Å²) in [6.45, 7) is 4.16. The van der Waals surface area contributed by atoms with Crippen molar-refractivity contribution in [1.29, 1.82) is 0 Å². The Morgan fingerprint density at radius 2 is 1.57 bits per heavy atom. The molecule has 0 aliphatic carbocycles. The molecule has 1 N–H and O–H groups in total. The second-order valence-corrected chi connectivity index (χ2v) is 16.2. The number of carbonyl (C=O) groups excluding carboxylic acids is 2. The molecule has 1 aliphatic rings. The fraction of sp³-hybridized carbons (Fsp3) is 0.481. The molecule has 2 amide bonds. The quantitative estimate of drug-likeness (QED) is 0.396. The summed E-state index contributed by atoms with van der Waals surface area (Å²) in [4.78, 5) is 23.1. The van der Waals surface area contributed by atoms with E-state index in [1.54, 1.807) is 0 Å². The first kappa shape index (κ1) is 37.6. The van der Waals surface area contributed by atoms with Crippen LogP contribution >= 0.6 is 0 Å². The molecule has 0 aromatic heterocycles. The van der Waals surface area contributed by atoms with Crippen molar-refractivity contribution in [2.45, 2.75) is 81.1 Å². The molecule has 47 heavy (non-hydrogen) atoms. The Morgan fingerprint density at radius 1 is 0.979 bits per heavy atom. The Hall–Kier alpha value is -3.81. The van der Waals surface area contributed by atoms with Crippen molar-refractivity contribution in [2.75, 3.05) is 15.7 Å². The lowest BCUT2D eigenvalue weighted by atomic mass is 10.0. The third-order valence-electron chi connectivity index (χ3n) is 7.15. The maximum absolute atomic E-state index is 14.0. The number of nitrogens with one attached hydrogen (secondary N) is 1. The van der Waals surface area contributed by atoms with Crippen LogP contribution in [0.25, 0.3) is 0 Å². The number of sulfonamides is 2. The first-order valence-corrected chi connectivity index (χ1v) is 16.4. The average molecular weight is 721 g/mol. The summed E-state index contributed by atoms with van der Waals surface area (Å²) in [7, 11) is -9.27. The molecule has 0 fully saturated rings. The first-order chi connectivity index (χ1) is 21.1. The van der Waals surface area contributed by atoms with Crippen LogP contribution in [0.1, 0.15) is 53.0 Å². The Bertz CT molecular complexity index is 1770. The third-order valence-corrected chi connectivity index (χ3v) is 11.0. The number of anilines is 2. The molecular formula is C27H29F7N3O8S2-. The topological polar surface area (TPSA) is 153 Å². The number of carboxylic acid groups (broad SMARTS) is 1. The standard InChI is InChI=1S/C27H30F7N3O8S2/c1-24(2,3)47(43,44)35-22(38)11-7-16-14-36(46(41,42)17-8-9-19(28)18(13-17)26(29,30)31)20-12-15(6-10-21(20)45-16)37(23(39)40)25(4,5)27(32,33)34/h6,8-10,12-13,16H,7,11,14H2,1-5H3,(H,35,38)(H,39,40)/p-1/t16-/m0/s1. The number of nitrogens with zero attached hydrogens (tertiary/aromatic N) is 2. The van der Waals surface area contributed by atoms with E-state index in [2.05, 4.69) is 0 Å². The number of carbonyl (C=O) groups is 2. The number of ether oxygens (including phenoxy) is 1. The average Bonchev–Trinajstić information content (AvgIpc) is 2.89. The fourth-order valence-electron chi connectivity index (χ4n) is 4.26. The summed E-state index contributed by atoms with van der Waals surface area (Å²) >= 11 is 0. The van der Waals surface area contributed by atoms with E-state index in [4.69, 9.17) is 4.74 Å². The third kappa shape index (κ3) is 7.68. The van der Waals surface area contributed by atoms with Crippen molar-refractivity contribution in [3.8, 4) is 5.75 Å². The largest absolute Gasteiger partial charge is 0.530 e. The highest BCUT2D eigenvalue weighted by atomic mass is 32.2. The van der Waals surface area contributed by atoms with E-state index in [-0.39, 0.29) is 23.5 Å². The lowest BCUT2D eigenvalue weighted by molar-refractivity contribution is -0.254. The van der Waals surface area contributed by atoms with Gasteiger partial charge in [0.15, 0.2) is 0 Å². The van der Waals surface area contributed by atoms with E-state index in [1.807, 2.05) is 4.72 Å². The van der Waals surface area contributed by atoms with Gasteiger partial charge in [-0.05, 0) is 77.4 Å². The van der Waals surface area contributed by atoms with Gasteiger partial charge in [-0.2, -0.15) is 26.3 Å². The van der Waals surface area contributed by atoms with Gasteiger partial charge in [-0.1, -0.05) is 0 Å². The number of rotatable bonds is 8. The SMILES string of the molecule is CC(C)(N(C(=O)[O-])c1ccc2c(c1)N(S(=O)(=O)c1ccc(F)c(C(F)(F)F)c1)C[C@H](CCC(=O)NS(=O)(=O)C(C)(C)C)O2)C(F)(F)F. The summed E-state index contributed by atoms with van der Waals surface area (Å²) in [5, 5.41) is 11.9. The van der Waals surface area contributed by atoms with Gasteiger partial charge in [0, 0.05) is 12.1 Å². The minimum atomic E-state index is -5.33. The van der Waals surface area contributed by atoms with Crippen molar-refractivity contribution in [3.05, 3.63) is 47.8 Å². The smallest absolute Gasteiger partial charge is 0.419 e. The van der Waals surface area contributed by atoms with Crippen LogP contribution in [0.2, 0.25) is 0 Å². The predicted octanol–water partition coefficient (Wildman–Crippen LogP) is 4.32. The van der Waals surface area contributed by atoms with Crippen molar-refractivity contribution in [3.63, 3.8) is 0 Å². The molecule has 0 saturated carbocycles. The highest BCUT2D eigenvalue weighted by molar-refractivity contribution is 7.93. The molecule has 3 rings (SSSR count). The van der Waals surface area contributed by atoms with Crippen molar-refractivity contribution in [1.82, 2.24) is 4.72 Å². The van der Waals surface area contributed by atoms with Crippen molar-refractivity contribution in [2.24, 2.45) is 0 Å². The van der Waals surface area contributed by atoms with E-state index in [0.717, 1.165) is 12.1 Å².